The van der Waals surface area contributed by atoms with Crippen molar-refractivity contribution in [1.82, 2.24) is 10.1 Å². The highest BCUT2D eigenvalue weighted by Gasteiger charge is 1.83. The molecule has 0 aliphatic rings. The van der Waals surface area contributed by atoms with Crippen LogP contribution in [0.25, 0.3) is 0 Å². The molecule has 0 unspecified atom stereocenters. The van der Waals surface area contributed by atoms with Crippen LogP contribution >= 0.6 is 12.2 Å². The van der Waals surface area contributed by atoms with Crippen LogP contribution in [0.2, 0.25) is 0 Å². The third-order valence-corrected chi connectivity index (χ3v) is 0.720. The molecule has 1 heterocycles. The van der Waals surface area contributed by atoms with Gasteiger partial charge in [0.1, 0.15) is 0 Å². The molecule has 0 radical (unpaired) electrons. The van der Waals surface area contributed by atoms with E-state index in [0.29, 0.717) is 10.7 Å². The molecular weight excluding hydrogens is 136 g/mol. The van der Waals surface area contributed by atoms with Crippen molar-refractivity contribution >= 4 is 12.2 Å². The molecule has 0 aliphatic heterocycles. The molecule has 0 spiro atoms. The van der Waals surface area contributed by atoms with E-state index >= 15 is 0 Å². The van der Waals surface area contributed by atoms with Gasteiger partial charge >= 0.3 is 0 Å². The summed E-state index contributed by atoms with van der Waals surface area (Å²) in [6.07, 6.45) is 0. The zero-order chi connectivity index (χ0) is 7.28. The van der Waals surface area contributed by atoms with E-state index in [4.69, 9.17) is 0 Å². The van der Waals surface area contributed by atoms with Crippen LogP contribution in [0.15, 0.2) is 4.52 Å². The molecule has 1 aromatic heterocycles. The molecule has 0 aromatic carbocycles. The molecule has 0 bridgehead atoms. The Labute approximate surface area is 59.1 Å². The minimum absolute atomic E-state index is 0.400. The third kappa shape index (κ3) is 3.03. The zero-order valence-corrected chi connectivity index (χ0v) is 6.58. The van der Waals surface area contributed by atoms with Crippen LogP contribution < -0.4 is 0 Å². The van der Waals surface area contributed by atoms with Crippen molar-refractivity contribution < 1.29 is 4.52 Å². The van der Waals surface area contributed by atoms with Crippen molar-refractivity contribution in [2.75, 3.05) is 0 Å². The quantitative estimate of drug-likeness (QED) is 0.570. The summed E-state index contributed by atoms with van der Waals surface area (Å²) in [5, 5.41) is 2.40. The number of aromatic amines is 1. The second-order valence-electron chi connectivity index (χ2n) is 1.14. The van der Waals surface area contributed by atoms with Crippen molar-refractivity contribution in [3.8, 4) is 0 Å². The highest BCUT2D eigenvalue weighted by atomic mass is 32.1. The molecule has 0 saturated heterocycles. The average Bonchev–Trinajstić information content (AvgIpc) is 2.20. The number of hydrogen-bond donors (Lipinski definition) is 1. The fourth-order valence-electron chi connectivity index (χ4n) is 0.306. The van der Waals surface area contributed by atoms with Crippen LogP contribution in [0.5, 0.6) is 0 Å². The lowest BCUT2D eigenvalue weighted by atomic mass is 10.8. The highest BCUT2D eigenvalue weighted by molar-refractivity contribution is 7.71. The first-order valence-electron chi connectivity index (χ1n) is 2.81. The topological polar surface area (TPSA) is 41.8 Å². The molecule has 52 valence electrons. The Bertz CT molecular complexity index is 203. The monoisotopic (exact) mass is 146 g/mol. The van der Waals surface area contributed by atoms with Crippen LogP contribution in [-0.2, 0) is 0 Å². The molecule has 1 rings (SSSR count). The van der Waals surface area contributed by atoms with E-state index in [-0.39, 0.29) is 0 Å². The summed E-state index contributed by atoms with van der Waals surface area (Å²) in [6.45, 7) is 5.73. The maximum absolute atomic E-state index is 4.62. The Morgan fingerprint density at radius 1 is 1.56 bits per heavy atom. The van der Waals surface area contributed by atoms with Crippen LogP contribution in [0, 0.1) is 11.7 Å². The van der Waals surface area contributed by atoms with Gasteiger partial charge in [-0.2, -0.15) is 10.1 Å². The first kappa shape index (κ1) is 8.36. The van der Waals surface area contributed by atoms with E-state index in [1.165, 1.54) is 0 Å². The van der Waals surface area contributed by atoms with Gasteiger partial charge in [-0.1, -0.05) is 13.8 Å². The number of aryl methyl sites for hydroxylation is 1. The van der Waals surface area contributed by atoms with Gasteiger partial charge < -0.3 is 4.52 Å². The van der Waals surface area contributed by atoms with Crippen LogP contribution in [-0.4, -0.2) is 10.1 Å². The first-order valence-corrected chi connectivity index (χ1v) is 3.22. The maximum Gasteiger partial charge on any atom is 0.229 e. The fraction of sp³-hybridized carbons (Fsp3) is 0.600. The molecule has 0 fully saturated rings. The smallest absolute Gasteiger partial charge is 0.229 e. The molecule has 0 aliphatic carbocycles. The SMILES string of the molecule is CC.Cc1nc(=S)[nH]o1. The van der Waals surface area contributed by atoms with Crippen LogP contribution in [0.3, 0.4) is 0 Å². The van der Waals surface area contributed by atoms with Gasteiger partial charge in [-0.25, -0.2) is 0 Å². The summed E-state index contributed by atoms with van der Waals surface area (Å²) in [5.41, 5.74) is 0. The molecule has 0 saturated carbocycles. The lowest BCUT2D eigenvalue weighted by Crippen LogP contribution is -1.62. The highest BCUT2D eigenvalue weighted by Crippen LogP contribution is 1.85. The number of H-pyrrole nitrogens is 1. The normalized spacial score (nSPS) is 7.89. The van der Waals surface area contributed by atoms with Crippen molar-refractivity contribution in [2.45, 2.75) is 20.8 Å². The Morgan fingerprint density at radius 3 is 2.22 bits per heavy atom. The van der Waals surface area contributed by atoms with Crippen molar-refractivity contribution in [3.63, 3.8) is 0 Å². The average molecular weight is 146 g/mol. The second-order valence-corrected chi connectivity index (χ2v) is 1.53. The van der Waals surface area contributed by atoms with Crippen molar-refractivity contribution in [2.24, 2.45) is 0 Å². The van der Waals surface area contributed by atoms with Gasteiger partial charge in [-0.15, -0.1) is 0 Å². The van der Waals surface area contributed by atoms with E-state index in [2.05, 4.69) is 26.9 Å². The Morgan fingerprint density at radius 2 is 2.11 bits per heavy atom. The third-order valence-electron chi connectivity index (χ3n) is 0.545. The van der Waals surface area contributed by atoms with Gasteiger partial charge in [0.2, 0.25) is 10.7 Å². The first-order chi connectivity index (χ1) is 4.29. The van der Waals surface area contributed by atoms with E-state index in [1.54, 1.807) is 6.92 Å². The minimum atomic E-state index is 0.400. The molecular formula is C5H10N2OS. The van der Waals surface area contributed by atoms with Gasteiger partial charge in [0.25, 0.3) is 0 Å². The number of aromatic nitrogens is 2. The summed E-state index contributed by atoms with van der Waals surface area (Å²) in [5.74, 6) is 0.574. The van der Waals surface area contributed by atoms with E-state index in [1.807, 2.05) is 13.8 Å². The summed E-state index contributed by atoms with van der Waals surface area (Å²) in [4.78, 5) is 3.70. The molecule has 1 aromatic rings. The molecule has 9 heavy (non-hydrogen) atoms. The maximum atomic E-state index is 4.62. The molecule has 3 nitrogen and oxygen atoms in total. The molecule has 0 atom stereocenters. The van der Waals surface area contributed by atoms with Crippen molar-refractivity contribution in [3.05, 3.63) is 10.7 Å². The number of nitrogens with one attached hydrogen (secondary N) is 1. The lowest BCUT2D eigenvalue weighted by Gasteiger charge is -1.65. The van der Waals surface area contributed by atoms with Gasteiger partial charge in [-0.3, -0.25) is 0 Å². The van der Waals surface area contributed by atoms with Gasteiger partial charge in [0.05, 0.1) is 0 Å². The Balaban J connectivity index is 0.000000291. The van der Waals surface area contributed by atoms with Gasteiger partial charge in [0.15, 0.2) is 0 Å². The van der Waals surface area contributed by atoms with Crippen molar-refractivity contribution in [1.29, 1.82) is 0 Å². The molecule has 4 heteroatoms. The fourth-order valence-corrected chi connectivity index (χ4v) is 0.476. The molecule has 0 amide bonds. The van der Waals surface area contributed by atoms with E-state index in [9.17, 15) is 0 Å². The number of hydrogen-bond acceptors (Lipinski definition) is 3. The predicted molar refractivity (Wildman–Crippen MR) is 37.8 cm³/mol. The van der Waals surface area contributed by atoms with Crippen LogP contribution in [0.1, 0.15) is 19.7 Å². The summed E-state index contributed by atoms with van der Waals surface area (Å²) in [6, 6.07) is 0. The van der Waals surface area contributed by atoms with E-state index < -0.39 is 0 Å². The Hall–Kier alpha value is -0.640. The van der Waals surface area contributed by atoms with Crippen LogP contribution in [0.4, 0.5) is 0 Å². The largest absolute Gasteiger partial charge is 0.364 e. The second kappa shape index (κ2) is 4.26. The number of rotatable bonds is 0. The standard InChI is InChI=1S/C3H4N2OS.C2H6/c1-2-4-3(7)5-6-2;1-2/h1H3,(H,5,7);1-2H3. The minimum Gasteiger partial charge on any atom is -0.364 e. The van der Waals surface area contributed by atoms with E-state index in [0.717, 1.165) is 0 Å². The van der Waals surface area contributed by atoms with Gasteiger partial charge in [0, 0.05) is 6.92 Å². The predicted octanol–water partition coefficient (Wildman–Crippen LogP) is 2.07. The zero-order valence-electron chi connectivity index (χ0n) is 5.76. The summed E-state index contributed by atoms with van der Waals surface area (Å²) in [7, 11) is 0. The number of nitrogens with zero attached hydrogens (tertiary/aromatic N) is 1. The van der Waals surface area contributed by atoms with Gasteiger partial charge in [-0.05, 0) is 12.2 Å². The lowest BCUT2D eigenvalue weighted by molar-refractivity contribution is 0.391. The summed E-state index contributed by atoms with van der Waals surface area (Å²) >= 11 is 4.57. The Kier molecular flexibility index (Phi) is 3.96. The summed E-state index contributed by atoms with van der Waals surface area (Å²) < 4.78 is 5.02. The molecule has 1 N–H and O–H groups in total.